The van der Waals surface area contributed by atoms with Crippen LogP contribution in [0.5, 0.6) is 0 Å². The molecule has 0 aromatic carbocycles. The van der Waals surface area contributed by atoms with Crippen LogP contribution in [-0.2, 0) is 23.7 Å². The van der Waals surface area contributed by atoms with Crippen LogP contribution in [0.3, 0.4) is 0 Å². The molecule has 7 heteroatoms. The third-order valence-electron chi connectivity index (χ3n) is 8.18. The first-order valence-electron chi connectivity index (χ1n) is 15.2. The van der Waals surface area contributed by atoms with Gasteiger partial charge in [-0.25, -0.2) is 0 Å². The number of carboxylic acids is 1. The standard InChI is InChI=1S/C31H52O7/c1-3-4-11-19-31(2,38-30-17-10-13-22-36-30)20-18-25-24(14-7-5-6-8-15-28(33)34)26(32)23-27(25)37-29-16-9-12-21-35-29/h5,7,18,20,24-27,29-30,32H,3-4,6,8-17,19,21-23H2,1-2H3,(H,33,34)/b7-5-,20-18+/t24-,25-,26+,27-,29?,30?,31?/m1/s1. The molecule has 3 aliphatic rings. The number of aliphatic hydroxyl groups is 1. The summed E-state index contributed by atoms with van der Waals surface area (Å²) in [6, 6.07) is 0. The van der Waals surface area contributed by atoms with Gasteiger partial charge in [0.2, 0.25) is 0 Å². The van der Waals surface area contributed by atoms with E-state index in [1.807, 2.05) is 6.08 Å². The van der Waals surface area contributed by atoms with Gasteiger partial charge in [0, 0.05) is 32.0 Å². The first-order valence-corrected chi connectivity index (χ1v) is 15.2. The predicted octanol–water partition coefficient (Wildman–Crippen LogP) is 6.53. The van der Waals surface area contributed by atoms with Gasteiger partial charge in [-0.1, -0.05) is 50.5 Å². The first kappa shape index (κ1) is 31.3. The first-order chi connectivity index (χ1) is 18.4. The molecule has 7 atom stereocenters. The number of rotatable bonds is 16. The Morgan fingerprint density at radius 2 is 1.76 bits per heavy atom. The minimum Gasteiger partial charge on any atom is -0.481 e. The molecule has 2 N–H and O–H groups in total. The molecule has 3 fully saturated rings. The zero-order valence-electron chi connectivity index (χ0n) is 23.7. The van der Waals surface area contributed by atoms with Crippen LogP contribution in [0.1, 0.15) is 110 Å². The zero-order valence-corrected chi connectivity index (χ0v) is 23.7. The average Bonchev–Trinajstić information content (AvgIpc) is 3.19. The molecule has 2 saturated heterocycles. The number of hydrogen-bond donors (Lipinski definition) is 2. The molecule has 38 heavy (non-hydrogen) atoms. The summed E-state index contributed by atoms with van der Waals surface area (Å²) in [7, 11) is 0. The van der Waals surface area contributed by atoms with Gasteiger partial charge in [-0.3, -0.25) is 4.79 Å². The number of ether oxygens (including phenoxy) is 4. The number of aliphatic carboxylic acids is 1. The van der Waals surface area contributed by atoms with E-state index in [4.69, 9.17) is 24.1 Å². The fraction of sp³-hybridized carbons (Fsp3) is 0.839. The van der Waals surface area contributed by atoms with Gasteiger partial charge in [0.05, 0.1) is 17.8 Å². The van der Waals surface area contributed by atoms with Crippen molar-refractivity contribution in [3.05, 3.63) is 24.3 Å². The molecule has 3 unspecified atom stereocenters. The van der Waals surface area contributed by atoms with Crippen molar-refractivity contribution in [3.8, 4) is 0 Å². The van der Waals surface area contributed by atoms with Crippen molar-refractivity contribution in [2.24, 2.45) is 11.8 Å². The van der Waals surface area contributed by atoms with Crippen molar-refractivity contribution in [3.63, 3.8) is 0 Å². The van der Waals surface area contributed by atoms with Crippen LogP contribution in [0.4, 0.5) is 0 Å². The van der Waals surface area contributed by atoms with E-state index in [9.17, 15) is 9.90 Å². The Labute approximate surface area is 229 Å². The highest BCUT2D eigenvalue weighted by Gasteiger charge is 2.43. The molecule has 2 aliphatic heterocycles. The average molecular weight is 537 g/mol. The molecule has 3 rings (SSSR count). The molecule has 0 bridgehead atoms. The molecule has 0 aromatic heterocycles. The molecular weight excluding hydrogens is 484 g/mol. The van der Waals surface area contributed by atoms with Gasteiger partial charge in [-0.05, 0) is 77.0 Å². The van der Waals surface area contributed by atoms with Gasteiger partial charge < -0.3 is 29.2 Å². The summed E-state index contributed by atoms with van der Waals surface area (Å²) in [6.45, 7) is 5.87. The van der Waals surface area contributed by atoms with Crippen LogP contribution >= 0.6 is 0 Å². The van der Waals surface area contributed by atoms with Crippen LogP contribution in [0.15, 0.2) is 24.3 Å². The fourth-order valence-electron chi connectivity index (χ4n) is 5.91. The highest BCUT2D eigenvalue weighted by Crippen LogP contribution is 2.40. The quantitative estimate of drug-likeness (QED) is 0.171. The molecule has 7 nitrogen and oxygen atoms in total. The summed E-state index contributed by atoms with van der Waals surface area (Å²) in [5.74, 6) is -0.690. The van der Waals surface area contributed by atoms with Crippen LogP contribution in [0.2, 0.25) is 0 Å². The lowest BCUT2D eigenvalue weighted by Crippen LogP contribution is -2.36. The van der Waals surface area contributed by atoms with Crippen molar-refractivity contribution in [1.82, 2.24) is 0 Å². The van der Waals surface area contributed by atoms with Gasteiger partial charge in [-0.2, -0.15) is 0 Å². The lowest BCUT2D eigenvalue weighted by molar-refractivity contribution is -0.208. The Hall–Kier alpha value is -1.25. The Balaban J connectivity index is 1.72. The number of aliphatic hydroxyl groups excluding tert-OH is 1. The number of hydrogen-bond acceptors (Lipinski definition) is 6. The van der Waals surface area contributed by atoms with Gasteiger partial charge >= 0.3 is 5.97 Å². The third kappa shape index (κ3) is 10.7. The third-order valence-corrected chi connectivity index (χ3v) is 8.18. The van der Waals surface area contributed by atoms with Gasteiger partial charge in [0.25, 0.3) is 0 Å². The maximum absolute atomic E-state index is 11.1. The molecule has 0 amide bonds. The molecule has 0 aromatic rings. The summed E-state index contributed by atoms with van der Waals surface area (Å²) < 4.78 is 24.9. The Kier molecular flexibility index (Phi) is 13.8. The second-order valence-electron chi connectivity index (χ2n) is 11.6. The Morgan fingerprint density at radius 3 is 2.42 bits per heavy atom. The summed E-state index contributed by atoms with van der Waals surface area (Å²) >= 11 is 0. The SMILES string of the molecule is CCCCCC(C)(/C=C/[C@@H]1[C@@H](C/C=C\CCCC(=O)O)[C@@H](O)C[C@H]1OC1CCCCO1)OC1CCCCO1. The largest absolute Gasteiger partial charge is 0.481 e. The van der Waals surface area contributed by atoms with Gasteiger partial charge in [-0.15, -0.1) is 0 Å². The topological polar surface area (TPSA) is 94.5 Å². The maximum Gasteiger partial charge on any atom is 0.303 e. The minimum atomic E-state index is -0.762. The minimum absolute atomic E-state index is 0.0291. The van der Waals surface area contributed by atoms with Crippen molar-refractivity contribution < 1.29 is 34.0 Å². The van der Waals surface area contributed by atoms with E-state index in [-0.39, 0.29) is 36.9 Å². The molecular formula is C31H52O7. The smallest absolute Gasteiger partial charge is 0.303 e. The second-order valence-corrected chi connectivity index (χ2v) is 11.6. The number of carbonyl (C=O) groups is 1. The lowest BCUT2D eigenvalue weighted by Gasteiger charge is -2.34. The van der Waals surface area contributed by atoms with Crippen molar-refractivity contribution >= 4 is 5.97 Å². The normalized spacial score (nSPS) is 32.2. The van der Waals surface area contributed by atoms with Crippen LogP contribution < -0.4 is 0 Å². The van der Waals surface area contributed by atoms with E-state index >= 15 is 0 Å². The van der Waals surface area contributed by atoms with Crippen molar-refractivity contribution in [2.75, 3.05) is 13.2 Å². The van der Waals surface area contributed by atoms with Crippen molar-refractivity contribution in [2.45, 2.75) is 141 Å². The molecule has 0 spiro atoms. The number of unbranched alkanes of at least 4 members (excludes halogenated alkanes) is 3. The summed E-state index contributed by atoms with van der Waals surface area (Å²) in [5.41, 5.74) is -0.437. The summed E-state index contributed by atoms with van der Waals surface area (Å²) in [5, 5.41) is 19.9. The molecule has 2 heterocycles. The number of allylic oxidation sites excluding steroid dienone is 2. The lowest BCUT2D eigenvalue weighted by atomic mass is 9.87. The van der Waals surface area contributed by atoms with Gasteiger partial charge in [0.15, 0.2) is 12.6 Å². The highest BCUT2D eigenvalue weighted by atomic mass is 16.7. The van der Waals surface area contributed by atoms with E-state index in [0.717, 1.165) is 83.8 Å². The molecule has 1 aliphatic carbocycles. The predicted molar refractivity (Wildman–Crippen MR) is 148 cm³/mol. The summed E-state index contributed by atoms with van der Waals surface area (Å²) in [4.78, 5) is 10.8. The monoisotopic (exact) mass is 536 g/mol. The van der Waals surface area contributed by atoms with Crippen LogP contribution in [-0.4, -0.2) is 59.8 Å². The zero-order chi connectivity index (χ0) is 27.2. The van der Waals surface area contributed by atoms with Crippen LogP contribution in [0, 0.1) is 11.8 Å². The Bertz CT molecular complexity index is 726. The van der Waals surface area contributed by atoms with Crippen molar-refractivity contribution in [1.29, 1.82) is 0 Å². The summed E-state index contributed by atoms with van der Waals surface area (Å²) in [6.07, 6.45) is 21.1. The van der Waals surface area contributed by atoms with E-state index in [2.05, 4.69) is 32.1 Å². The van der Waals surface area contributed by atoms with E-state index in [0.29, 0.717) is 12.8 Å². The molecule has 0 radical (unpaired) electrons. The second kappa shape index (κ2) is 16.8. The molecule has 218 valence electrons. The van der Waals surface area contributed by atoms with E-state index in [1.165, 1.54) is 6.42 Å². The van der Waals surface area contributed by atoms with E-state index < -0.39 is 17.7 Å². The fourth-order valence-corrected chi connectivity index (χ4v) is 5.91. The Morgan fingerprint density at radius 1 is 1.03 bits per heavy atom. The molecule has 1 saturated carbocycles. The van der Waals surface area contributed by atoms with E-state index in [1.54, 1.807) is 0 Å². The van der Waals surface area contributed by atoms with Crippen LogP contribution in [0.25, 0.3) is 0 Å². The maximum atomic E-state index is 11.1. The number of carboxylic acid groups (broad SMARTS) is 1. The van der Waals surface area contributed by atoms with Gasteiger partial charge in [0.1, 0.15) is 0 Å². The highest BCUT2D eigenvalue weighted by molar-refractivity contribution is 5.66.